The van der Waals surface area contributed by atoms with E-state index < -0.39 is 0 Å². The molecule has 0 radical (unpaired) electrons. The number of benzene rings is 2. The fourth-order valence-corrected chi connectivity index (χ4v) is 2.00. The van der Waals surface area contributed by atoms with Gasteiger partial charge in [0, 0.05) is 12.1 Å². The molecule has 2 aromatic rings. The summed E-state index contributed by atoms with van der Waals surface area (Å²) in [6, 6.07) is 15.9. The van der Waals surface area contributed by atoms with Crippen LogP contribution in [0.3, 0.4) is 0 Å². The number of hydrogen-bond acceptors (Lipinski definition) is 3. The van der Waals surface area contributed by atoms with Crippen molar-refractivity contribution in [3.63, 3.8) is 0 Å². The number of para-hydroxylation sites is 1. The Morgan fingerprint density at radius 3 is 2.68 bits per heavy atom. The fraction of sp³-hybridized carbons (Fsp3) is 0.188. The summed E-state index contributed by atoms with van der Waals surface area (Å²) in [5.74, 6) is 0.848. The first-order valence-electron chi connectivity index (χ1n) is 6.11. The highest BCUT2D eigenvalue weighted by atomic mass is 16.5. The monoisotopic (exact) mass is 252 g/mol. The van der Waals surface area contributed by atoms with Gasteiger partial charge in [-0.05, 0) is 24.6 Å². The summed E-state index contributed by atoms with van der Waals surface area (Å²) in [6.45, 7) is 2.56. The van der Waals surface area contributed by atoms with Crippen LogP contribution in [0.2, 0.25) is 0 Å². The van der Waals surface area contributed by atoms with E-state index in [0.29, 0.717) is 12.1 Å². The van der Waals surface area contributed by atoms with Crippen molar-refractivity contribution in [2.75, 3.05) is 12.4 Å². The molecule has 0 saturated carbocycles. The number of anilines is 1. The van der Waals surface area contributed by atoms with E-state index in [1.807, 2.05) is 49.4 Å². The molecule has 0 aromatic heterocycles. The quantitative estimate of drug-likeness (QED) is 0.906. The van der Waals surface area contributed by atoms with Crippen LogP contribution in [-0.2, 0) is 6.54 Å². The van der Waals surface area contributed by atoms with E-state index in [2.05, 4.69) is 11.4 Å². The summed E-state index contributed by atoms with van der Waals surface area (Å²) < 4.78 is 5.31. The number of rotatable bonds is 4. The highest BCUT2D eigenvalue weighted by Gasteiger charge is 2.06. The molecule has 96 valence electrons. The molecule has 0 saturated heterocycles. The summed E-state index contributed by atoms with van der Waals surface area (Å²) in [5.41, 5.74) is 3.59. The van der Waals surface area contributed by atoms with Gasteiger partial charge < -0.3 is 10.1 Å². The van der Waals surface area contributed by atoms with Gasteiger partial charge in [-0.25, -0.2) is 0 Å². The zero-order chi connectivity index (χ0) is 13.7. The Morgan fingerprint density at radius 2 is 1.95 bits per heavy atom. The Morgan fingerprint density at radius 1 is 1.16 bits per heavy atom. The SMILES string of the molecule is COc1ccccc1CNc1cccc(C)c1C#N. The minimum Gasteiger partial charge on any atom is -0.496 e. The number of nitrogens with zero attached hydrogens (tertiary/aromatic N) is 1. The van der Waals surface area contributed by atoms with E-state index in [1.54, 1.807) is 7.11 Å². The predicted molar refractivity (Wildman–Crippen MR) is 76.2 cm³/mol. The fourth-order valence-electron chi connectivity index (χ4n) is 2.00. The summed E-state index contributed by atoms with van der Waals surface area (Å²) >= 11 is 0. The third-order valence-corrected chi connectivity index (χ3v) is 3.05. The zero-order valence-corrected chi connectivity index (χ0v) is 11.1. The van der Waals surface area contributed by atoms with Crippen LogP contribution in [0.15, 0.2) is 42.5 Å². The van der Waals surface area contributed by atoms with Gasteiger partial charge in [-0.2, -0.15) is 5.26 Å². The molecule has 3 heteroatoms. The molecular weight excluding hydrogens is 236 g/mol. The maximum absolute atomic E-state index is 9.18. The Labute approximate surface area is 113 Å². The van der Waals surface area contributed by atoms with E-state index in [1.165, 1.54) is 0 Å². The molecule has 0 unspecified atom stereocenters. The molecule has 0 aliphatic carbocycles. The van der Waals surface area contributed by atoms with E-state index in [9.17, 15) is 5.26 Å². The van der Waals surface area contributed by atoms with Crippen LogP contribution < -0.4 is 10.1 Å². The molecule has 0 bridgehead atoms. The third kappa shape index (κ3) is 2.86. The van der Waals surface area contributed by atoms with Crippen molar-refractivity contribution in [2.45, 2.75) is 13.5 Å². The highest BCUT2D eigenvalue weighted by molar-refractivity contribution is 5.61. The lowest BCUT2D eigenvalue weighted by atomic mass is 10.1. The average molecular weight is 252 g/mol. The summed E-state index contributed by atoms with van der Waals surface area (Å²) in [6.07, 6.45) is 0. The molecule has 2 rings (SSSR count). The second-order valence-corrected chi connectivity index (χ2v) is 4.27. The molecule has 2 aromatic carbocycles. The maximum Gasteiger partial charge on any atom is 0.123 e. The third-order valence-electron chi connectivity index (χ3n) is 3.05. The van der Waals surface area contributed by atoms with Gasteiger partial charge >= 0.3 is 0 Å². The van der Waals surface area contributed by atoms with Crippen molar-refractivity contribution in [3.8, 4) is 11.8 Å². The summed E-state index contributed by atoms with van der Waals surface area (Å²) in [4.78, 5) is 0. The first-order chi connectivity index (χ1) is 9.26. The number of ether oxygens (including phenoxy) is 1. The number of nitrogens with one attached hydrogen (secondary N) is 1. The Balaban J connectivity index is 2.20. The van der Waals surface area contributed by atoms with Gasteiger partial charge in [0.05, 0.1) is 18.4 Å². The van der Waals surface area contributed by atoms with Gasteiger partial charge in [-0.3, -0.25) is 0 Å². The molecule has 3 nitrogen and oxygen atoms in total. The van der Waals surface area contributed by atoms with Crippen LogP contribution in [0.1, 0.15) is 16.7 Å². The van der Waals surface area contributed by atoms with Crippen LogP contribution in [0.25, 0.3) is 0 Å². The number of methoxy groups -OCH3 is 1. The van der Waals surface area contributed by atoms with Crippen LogP contribution in [0.4, 0.5) is 5.69 Å². The van der Waals surface area contributed by atoms with Gasteiger partial charge in [0.2, 0.25) is 0 Å². The standard InChI is InChI=1S/C16H16N2O/c1-12-6-5-8-15(14(12)10-17)18-11-13-7-3-4-9-16(13)19-2/h3-9,18H,11H2,1-2H3. The van der Waals surface area contributed by atoms with Crippen molar-refractivity contribution in [2.24, 2.45) is 0 Å². The molecule has 1 N–H and O–H groups in total. The van der Waals surface area contributed by atoms with Crippen molar-refractivity contribution in [1.29, 1.82) is 5.26 Å². The van der Waals surface area contributed by atoms with Gasteiger partial charge in [-0.15, -0.1) is 0 Å². The number of nitriles is 1. The highest BCUT2D eigenvalue weighted by Crippen LogP contribution is 2.22. The normalized spacial score (nSPS) is 9.74. The Kier molecular flexibility index (Phi) is 4.04. The lowest BCUT2D eigenvalue weighted by Crippen LogP contribution is -2.03. The predicted octanol–water partition coefficient (Wildman–Crippen LogP) is 3.49. The second-order valence-electron chi connectivity index (χ2n) is 4.27. The van der Waals surface area contributed by atoms with E-state index in [0.717, 1.165) is 22.6 Å². The number of aryl methyl sites for hydroxylation is 1. The molecule has 19 heavy (non-hydrogen) atoms. The van der Waals surface area contributed by atoms with Crippen molar-refractivity contribution >= 4 is 5.69 Å². The minimum absolute atomic E-state index is 0.627. The molecule has 0 fully saturated rings. The first kappa shape index (κ1) is 13.0. The van der Waals surface area contributed by atoms with Crippen molar-refractivity contribution in [1.82, 2.24) is 0 Å². The van der Waals surface area contributed by atoms with E-state index in [-0.39, 0.29) is 0 Å². The second kappa shape index (κ2) is 5.92. The zero-order valence-electron chi connectivity index (χ0n) is 11.1. The van der Waals surface area contributed by atoms with E-state index in [4.69, 9.17) is 4.74 Å². The van der Waals surface area contributed by atoms with Crippen molar-refractivity contribution < 1.29 is 4.74 Å². The molecule has 0 aliphatic heterocycles. The van der Waals surface area contributed by atoms with E-state index >= 15 is 0 Å². The largest absolute Gasteiger partial charge is 0.496 e. The Hall–Kier alpha value is -2.47. The molecule has 0 aliphatic rings. The molecule has 0 atom stereocenters. The number of hydrogen-bond donors (Lipinski definition) is 1. The molecule has 0 heterocycles. The Bertz CT molecular complexity index is 614. The summed E-state index contributed by atoms with van der Waals surface area (Å²) in [7, 11) is 1.66. The van der Waals surface area contributed by atoms with Crippen LogP contribution in [0, 0.1) is 18.3 Å². The maximum atomic E-state index is 9.18. The van der Waals surface area contributed by atoms with Gasteiger partial charge in [0.15, 0.2) is 0 Å². The lowest BCUT2D eigenvalue weighted by Gasteiger charge is -2.12. The van der Waals surface area contributed by atoms with Crippen LogP contribution in [0.5, 0.6) is 5.75 Å². The minimum atomic E-state index is 0.627. The average Bonchev–Trinajstić information content (AvgIpc) is 2.45. The van der Waals surface area contributed by atoms with Gasteiger partial charge in [-0.1, -0.05) is 30.3 Å². The van der Waals surface area contributed by atoms with Crippen LogP contribution >= 0.6 is 0 Å². The van der Waals surface area contributed by atoms with Crippen LogP contribution in [-0.4, -0.2) is 7.11 Å². The molecule has 0 spiro atoms. The van der Waals surface area contributed by atoms with Gasteiger partial charge in [0.25, 0.3) is 0 Å². The lowest BCUT2D eigenvalue weighted by molar-refractivity contribution is 0.410. The van der Waals surface area contributed by atoms with Crippen molar-refractivity contribution in [3.05, 3.63) is 59.2 Å². The smallest absolute Gasteiger partial charge is 0.123 e. The topological polar surface area (TPSA) is 45.0 Å². The molecule has 0 amide bonds. The first-order valence-corrected chi connectivity index (χ1v) is 6.11. The van der Waals surface area contributed by atoms with Gasteiger partial charge in [0.1, 0.15) is 11.8 Å². The summed E-state index contributed by atoms with van der Waals surface area (Å²) in [5, 5.41) is 12.5. The molecular formula is C16H16N2O.